The smallest absolute Gasteiger partial charge is 0.357 e. The molecule has 0 saturated carbocycles. The summed E-state index contributed by atoms with van der Waals surface area (Å²) in [7, 11) is 1.78. The SMILES string of the molecule is Cn1ccnc1[C@@H](NC(=O)C1CCN(c2ccc(C(F)(F)F)cn2)CC1)c1ccccc1F. The Labute approximate surface area is 188 Å². The van der Waals surface area contributed by atoms with Crippen LogP contribution in [0.4, 0.5) is 23.4 Å². The van der Waals surface area contributed by atoms with Crippen molar-refractivity contribution < 1.29 is 22.4 Å². The molecule has 33 heavy (non-hydrogen) atoms. The van der Waals surface area contributed by atoms with Crippen molar-refractivity contribution in [3.8, 4) is 0 Å². The molecule has 1 aliphatic heterocycles. The molecule has 3 heterocycles. The van der Waals surface area contributed by atoms with Crippen molar-refractivity contribution in [2.45, 2.75) is 25.1 Å². The summed E-state index contributed by atoms with van der Waals surface area (Å²) in [4.78, 5) is 23.2. The molecule has 3 aromatic rings. The maximum absolute atomic E-state index is 14.5. The predicted molar refractivity (Wildman–Crippen MR) is 114 cm³/mol. The van der Waals surface area contributed by atoms with E-state index in [-0.39, 0.29) is 11.8 Å². The van der Waals surface area contributed by atoms with Gasteiger partial charge >= 0.3 is 6.18 Å². The lowest BCUT2D eigenvalue weighted by Gasteiger charge is -2.33. The number of nitrogens with zero attached hydrogens (tertiary/aromatic N) is 4. The Morgan fingerprint density at radius 1 is 1.12 bits per heavy atom. The number of aromatic nitrogens is 3. The molecule has 1 saturated heterocycles. The normalized spacial score (nSPS) is 16.0. The Morgan fingerprint density at radius 3 is 2.42 bits per heavy atom. The van der Waals surface area contributed by atoms with Gasteiger partial charge in [0.05, 0.1) is 5.56 Å². The van der Waals surface area contributed by atoms with E-state index >= 15 is 0 Å². The molecule has 1 amide bonds. The number of rotatable bonds is 5. The molecule has 1 aromatic carbocycles. The van der Waals surface area contributed by atoms with Gasteiger partial charge in [0, 0.05) is 50.2 Å². The lowest BCUT2D eigenvalue weighted by atomic mass is 9.94. The summed E-state index contributed by atoms with van der Waals surface area (Å²) < 4.78 is 54.5. The van der Waals surface area contributed by atoms with Crippen LogP contribution in [0, 0.1) is 11.7 Å². The summed E-state index contributed by atoms with van der Waals surface area (Å²) in [5.74, 6) is -0.00976. The molecule has 1 aliphatic rings. The highest BCUT2D eigenvalue weighted by atomic mass is 19.4. The third-order valence-corrected chi connectivity index (χ3v) is 5.88. The van der Waals surface area contributed by atoms with Gasteiger partial charge in [0.15, 0.2) is 0 Å². The molecule has 2 aromatic heterocycles. The molecule has 174 valence electrons. The number of halogens is 4. The second kappa shape index (κ2) is 9.21. The number of alkyl halides is 3. The van der Waals surface area contributed by atoms with Crippen LogP contribution in [-0.2, 0) is 18.0 Å². The number of anilines is 1. The first-order chi connectivity index (χ1) is 15.7. The van der Waals surface area contributed by atoms with Crippen molar-refractivity contribution in [3.63, 3.8) is 0 Å². The minimum absolute atomic E-state index is 0.216. The van der Waals surface area contributed by atoms with Crippen LogP contribution < -0.4 is 10.2 Å². The number of piperidine rings is 1. The third kappa shape index (κ3) is 4.99. The number of hydrogen-bond donors (Lipinski definition) is 1. The number of hydrogen-bond acceptors (Lipinski definition) is 4. The fourth-order valence-electron chi connectivity index (χ4n) is 4.02. The Hall–Kier alpha value is -3.43. The van der Waals surface area contributed by atoms with E-state index in [0.717, 1.165) is 12.3 Å². The summed E-state index contributed by atoms with van der Waals surface area (Å²) in [6.45, 7) is 0.951. The van der Waals surface area contributed by atoms with Crippen molar-refractivity contribution >= 4 is 11.7 Å². The Kier molecular flexibility index (Phi) is 6.35. The van der Waals surface area contributed by atoms with Crippen LogP contribution >= 0.6 is 0 Å². The van der Waals surface area contributed by atoms with E-state index < -0.39 is 23.6 Å². The van der Waals surface area contributed by atoms with Gasteiger partial charge in [0.25, 0.3) is 0 Å². The number of aryl methyl sites for hydroxylation is 1. The van der Waals surface area contributed by atoms with E-state index in [9.17, 15) is 22.4 Å². The summed E-state index contributed by atoms with van der Waals surface area (Å²) >= 11 is 0. The van der Waals surface area contributed by atoms with Gasteiger partial charge in [-0.15, -0.1) is 0 Å². The van der Waals surface area contributed by atoms with Gasteiger partial charge in [-0.05, 0) is 31.0 Å². The molecule has 0 aliphatic carbocycles. The maximum atomic E-state index is 14.5. The van der Waals surface area contributed by atoms with E-state index in [2.05, 4.69) is 15.3 Å². The number of carbonyl (C=O) groups is 1. The van der Waals surface area contributed by atoms with E-state index in [0.29, 0.717) is 43.1 Å². The first kappa shape index (κ1) is 22.8. The van der Waals surface area contributed by atoms with Crippen molar-refractivity contribution in [2.24, 2.45) is 13.0 Å². The largest absolute Gasteiger partial charge is 0.417 e. The van der Waals surface area contributed by atoms with Crippen LogP contribution in [0.3, 0.4) is 0 Å². The van der Waals surface area contributed by atoms with Crippen LogP contribution in [0.5, 0.6) is 0 Å². The van der Waals surface area contributed by atoms with Crippen molar-refractivity contribution in [3.05, 3.63) is 77.8 Å². The highest BCUT2D eigenvalue weighted by molar-refractivity contribution is 5.79. The minimum Gasteiger partial charge on any atom is -0.357 e. The Bertz CT molecular complexity index is 1100. The fraction of sp³-hybridized carbons (Fsp3) is 0.348. The molecule has 1 atom stereocenters. The first-order valence-electron chi connectivity index (χ1n) is 10.5. The van der Waals surface area contributed by atoms with Crippen molar-refractivity contribution in [1.82, 2.24) is 19.9 Å². The van der Waals surface area contributed by atoms with Crippen molar-refractivity contribution in [2.75, 3.05) is 18.0 Å². The highest BCUT2D eigenvalue weighted by Gasteiger charge is 2.32. The molecule has 0 bridgehead atoms. The van der Waals surface area contributed by atoms with Gasteiger partial charge in [0.2, 0.25) is 5.91 Å². The average molecular weight is 461 g/mol. The number of amides is 1. The average Bonchev–Trinajstić information content (AvgIpc) is 3.23. The number of imidazole rings is 1. The maximum Gasteiger partial charge on any atom is 0.417 e. The lowest BCUT2D eigenvalue weighted by Crippen LogP contribution is -2.42. The van der Waals surface area contributed by atoms with Crippen LogP contribution in [0.2, 0.25) is 0 Å². The van der Waals surface area contributed by atoms with Gasteiger partial charge in [0.1, 0.15) is 23.5 Å². The molecule has 1 N–H and O–H groups in total. The van der Waals surface area contributed by atoms with Crippen LogP contribution in [0.25, 0.3) is 0 Å². The molecule has 10 heteroatoms. The van der Waals surface area contributed by atoms with Gasteiger partial charge in [-0.3, -0.25) is 4.79 Å². The molecule has 0 spiro atoms. The van der Waals surface area contributed by atoms with Crippen LogP contribution in [0.15, 0.2) is 55.0 Å². The summed E-state index contributed by atoms with van der Waals surface area (Å²) in [5.41, 5.74) is -0.472. The number of benzene rings is 1. The second-order valence-corrected chi connectivity index (χ2v) is 8.02. The molecular weight excluding hydrogens is 438 g/mol. The quantitative estimate of drug-likeness (QED) is 0.582. The van der Waals surface area contributed by atoms with Gasteiger partial charge in [-0.25, -0.2) is 14.4 Å². The molecule has 1 fully saturated rings. The summed E-state index contributed by atoms with van der Waals surface area (Å²) in [5, 5.41) is 2.94. The van der Waals surface area contributed by atoms with Gasteiger partial charge in [-0.2, -0.15) is 13.2 Å². The Balaban J connectivity index is 1.43. The molecular formula is C23H23F4N5O. The topological polar surface area (TPSA) is 63.1 Å². The lowest BCUT2D eigenvalue weighted by molar-refractivity contribution is -0.137. The van der Waals surface area contributed by atoms with Crippen LogP contribution in [0.1, 0.15) is 35.8 Å². The molecule has 0 radical (unpaired) electrons. The third-order valence-electron chi connectivity index (χ3n) is 5.88. The zero-order valence-corrected chi connectivity index (χ0v) is 17.9. The standard InChI is InChI=1S/C23H23F4N5O/c1-31-13-10-28-21(31)20(17-4-2-3-5-18(17)24)30-22(33)15-8-11-32(12-9-15)19-7-6-16(14-29-19)23(25,26)27/h2-7,10,13-15,20H,8-9,11-12H2,1H3,(H,30,33)/t20-/m0/s1. The van der Waals surface area contributed by atoms with Crippen LogP contribution in [-0.4, -0.2) is 33.5 Å². The monoisotopic (exact) mass is 461 g/mol. The second-order valence-electron chi connectivity index (χ2n) is 8.02. The summed E-state index contributed by atoms with van der Waals surface area (Å²) in [6.07, 6.45) is 0.701. The Morgan fingerprint density at radius 2 is 1.85 bits per heavy atom. The van der Waals surface area contributed by atoms with E-state index in [4.69, 9.17) is 0 Å². The van der Waals surface area contributed by atoms with E-state index in [1.54, 1.807) is 42.2 Å². The van der Waals surface area contributed by atoms with Gasteiger partial charge in [-0.1, -0.05) is 18.2 Å². The predicted octanol–water partition coefficient (Wildman–Crippen LogP) is 4.10. The number of pyridine rings is 1. The molecule has 6 nitrogen and oxygen atoms in total. The highest BCUT2D eigenvalue weighted by Crippen LogP contribution is 2.30. The first-order valence-corrected chi connectivity index (χ1v) is 10.5. The number of carbonyl (C=O) groups excluding carboxylic acids is 1. The van der Waals surface area contributed by atoms with E-state index in [1.807, 2.05) is 4.90 Å². The number of nitrogens with one attached hydrogen (secondary N) is 1. The molecule has 4 rings (SSSR count). The summed E-state index contributed by atoms with van der Waals surface area (Å²) in [6, 6.07) is 7.86. The van der Waals surface area contributed by atoms with E-state index in [1.165, 1.54) is 12.1 Å². The minimum atomic E-state index is -4.43. The van der Waals surface area contributed by atoms with Crippen molar-refractivity contribution in [1.29, 1.82) is 0 Å². The molecule has 0 unspecified atom stereocenters. The zero-order valence-electron chi connectivity index (χ0n) is 17.9. The zero-order chi connectivity index (χ0) is 23.6. The fourth-order valence-corrected chi connectivity index (χ4v) is 4.02. The van der Waals surface area contributed by atoms with Gasteiger partial charge < -0.3 is 14.8 Å².